The van der Waals surface area contributed by atoms with Gasteiger partial charge in [0.05, 0.1) is 5.69 Å². The van der Waals surface area contributed by atoms with Crippen molar-refractivity contribution in [1.82, 2.24) is 9.97 Å². The van der Waals surface area contributed by atoms with Crippen LogP contribution in [0.5, 0.6) is 0 Å². The smallest absolute Gasteiger partial charge is 0.266 e. The average molecular weight is 288 g/mol. The molecular weight excluding hydrogens is 276 g/mol. The Morgan fingerprint density at radius 3 is 2.85 bits per heavy atom. The lowest BCUT2D eigenvalue weighted by Crippen LogP contribution is -2.22. The molecule has 102 valence electrons. The zero-order valence-electron chi connectivity index (χ0n) is 11.2. The molecule has 0 fully saturated rings. The number of aromatic amines is 1. The fraction of sp³-hybridized carbons (Fsp3) is 0.231. The first-order chi connectivity index (χ1) is 9.43. The van der Waals surface area contributed by atoms with E-state index in [4.69, 9.17) is 5.26 Å². The van der Waals surface area contributed by atoms with Gasteiger partial charge in [-0.05, 0) is 13.0 Å². The third kappa shape index (κ3) is 2.46. The van der Waals surface area contributed by atoms with E-state index >= 15 is 0 Å². The number of carbonyl (C=O) groups excluding carboxylic acids is 1. The number of nitrogens with zero attached hydrogens (tertiary/aromatic N) is 3. The normalized spacial score (nSPS) is 10.1. The second kappa shape index (κ2) is 5.27. The van der Waals surface area contributed by atoms with E-state index in [0.29, 0.717) is 22.1 Å². The standard InChI is InChI=1S/C13H12N4O2S/c1-7-10(4-9(5-14)12(19)15-7)11-6-20-13(16-11)17(3)8(2)18/h4,6H,1-3H3,(H,15,19). The number of aryl methyl sites for hydroxylation is 1. The van der Waals surface area contributed by atoms with Crippen LogP contribution in [-0.4, -0.2) is 22.9 Å². The number of rotatable bonds is 2. The molecule has 0 aromatic carbocycles. The van der Waals surface area contributed by atoms with Crippen LogP contribution >= 0.6 is 11.3 Å². The molecule has 0 aliphatic carbocycles. The van der Waals surface area contributed by atoms with Gasteiger partial charge in [-0.1, -0.05) is 0 Å². The summed E-state index contributed by atoms with van der Waals surface area (Å²) in [5, 5.41) is 11.3. The lowest BCUT2D eigenvalue weighted by molar-refractivity contribution is -0.116. The van der Waals surface area contributed by atoms with Crippen LogP contribution < -0.4 is 10.5 Å². The minimum absolute atomic E-state index is 0.0417. The largest absolute Gasteiger partial charge is 0.325 e. The Morgan fingerprint density at radius 1 is 1.55 bits per heavy atom. The van der Waals surface area contributed by atoms with Gasteiger partial charge in [-0.15, -0.1) is 11.3 Å². The van der Waals surface area contributed by atoms with Crippen molar-refractivity contribution in [3.8, 4) is 17.3 Å². The monoisotopic (exact) mass is 288 g/mol. The van der Waals surface area contributed by atoms with Crippen LogP contribution in [0.4, 0.5) is 5.13 Å². The number of nitrogens with one attached hydrogen (secondary N) is 1. The quantitative estimate of drug-likeness (QED) is 0.910. The van der Waals surface area contributed by atoms with Gasteiger partial charge in [0.1, 0.15) is 11.6 Å². The number of hydrogen-bond acceptors (Lipinski definition) is 5. The first-order valence-electron chi connectivity index (χ1n) is 5.78. The number of aromatic nitrogens is 2. The van der Waals surface area contributed by atoms with Crippen molar-refractivity contribution in [1.29, 1.82) is 5.26 Å². The first kappa shape index (κ1) is 14.0. The van der Waals surface area contributed by atoms with Gasteiger partial charge < -0.3 is 4.98 Å². The summed E-state index contributed by atoms with van der Waals surface area (Å²) in [6.07, 6.45) is 0. The van der Waals surface area contributed by atoms with E-state index in [1.54, 1.807) is 19.4 Å². The summed E-state index contributed by atoms with van der Waals surface area (Å²) >= 11 is 1.33. The molecule has 6 nitrogen and oxygen atoms in total. The van der Waals surface area contributed by atoms with Crippen molar-refractivity contribution in [3.63, 3.8) is 0 Å². The van der Waals surface area contributed by atoms with Gasteiger partial charge in [0.15, 0.2) is 5.13 Å². The van der Waals surface area contributed by atoms with Gasteiger partial charge in [0.25, 0.3) is 5.56 Å². The molecule has 2 rings (SSSR count). The molecular formula is C13H12N4O2S. The number of nitriles is 1. The summed E-state index contributed by atoms with van der Waals surface area (Å²) in [4.78, 5) is 31.2. The van der Waals surface area contributed by atoms with Gasteiger partial charge in [-0.2, -0.15) is 5.26 Å². The predicted octanol–water partition coefficient (Wildman–Crippen LogP) is 1.66. The number of thiazole rings is 1. The predicted molar refractivity (Wildman–Crippen MR) is 76.7 cm³/mol. The fourth-order valence-corrected chi connectivity index (χ4v) is 2.48. The second-order valence-corrected chi connectivity index (χ2v) is 5.09. The van der Waals surface area contributed by atoms with Crippen molar-refractivity contribution in [3.05, 3.63) is 33.1 Å². The SMILES string of the molecule is CC(=O)N(C)c1nc(-c2cc(C#N)c(=O)[nH]c2C)cs1. The molecule has 7 heteroatoms. The molecule has 2 heterocycles. The molecule has 0 spiro atoms. The molecule has 0 aliphatic heterocycles. The Balaban J connectivity index is 2.51. The first-order valence-corrected chi connectivity index (χ1v) is 6.66. The van der Waals surface area contributed by atoms with Gasteiger partial charge in [0, 0.05) is 30.6 Å². The van der Waals surface area contributed by atoms with Crippen molar-refractivity contribution in [2.75, 3.05) is 11.9 Å². The van der Waals surface area contributed by atoms with Crippen LogP contribution in [0.3, 0.4) is 0 Å². The average Bonchev–Trinajstić information content (AvgIpc) is 2.87. The lowest BCUT2D eigenvalue weighted by atomic mass is 10.1. The van der Waals surface area contributed by atoms with Crippen molar-refractivity contribution in [2.45, 2.75) is 13.8 Å². The molecule has 2 aromatic rings. The highest BCUT2D eigenvalue weighted by molar-refractivity contribution is 7.14. The third-order valence-corrected chi connectivity index (χ3v) is 3.80. The summed E-state index contributed by atoms with van der Waals surface area (Å²) in [6.45, 7) is 3.20. The van der Waals surface area contributed by atoms with Crippen molar-refractivity contribution >= 4 is 22.4 Å². The second-order valence-electron chi connectivity index (χ2n) is 4.26. The molecule has 1 amide bonds. The molecule has 20 heavy (non-hydrogen) atoms. The highest BCUT2D eigenvalue weighted by Crippen LogP contribution is 2.28. The molecule has 0 atom stereocenters. The van der Waals surface area contributed by atoms with E-state index in [1.807, 2.05) is 6.07 Å². The van der Waals surface area contributed by atoms with Gasteiger partial charge in [0.2, 0.25) is 5.91 Å². The van der Waals surface area contributed by atoms with Crippen LogP contribution in [0.25, 0.3) is 11.3 Å². The molecule has 0 radical (unpaired) electrons. The number of carbonyl (C=O) groups is 1. The van der Waals surface area contributed by atoms with E-state index < -0.39 is 5.56 Å². The molecule has 0 saturated heterocycles. The van der Waals surface area contributed by atoms with Crippen LogP contribution in [0.2, 0.25) is 0 Å². The third-order valence-electron chi connectivity index (χ3n) is 2.89. The summed E-state index contributed by atoms with van der Waals surface area (Å²) in [6, 6.07) is 3.36. The van der Waals surface area contributed by atoms with Crippen LogP contribution in [0.1, 0.15) is 18.2 Å². The molecule has 0 bridgehead atoms. The van der Waals surface area contributed by atoms with E-state index in [1.165, 1.54) is 29.2 Å². The van der Waals surface area contributed by atoms with Crippen molar-refractivity contribution < 1.29 is 4.79 Å². The summed E-state index contributed by atoms with van der Waals surface area (Å²) in [5.74, 6) is -0.109. The number of amides is 1. The van der Waals surface area contributed by atoms with Crippen LogP contribution in [-0.2, 0) is 4.79 Å². The molecule has 1 N–H and O–H groups in total. The minimum Gasteiger partial charge on any atom is -0.325 e. The highest BCUT2D eigenvalue weighted by atomic mass is 32.1. The maximum absolute atomic E-state index is 11.5. The zero-order chi connectivity index (χ0) is 14.9. The van der Waals surface area contributed by atoms with E-state index in [0.717, 1.165) is 0 Å². The molecule has 0 aliphatic rings. The lowest BCUT2D eigenvalue weighted by Gasteiger charge is -2.09. The minimum atomic E-state index is -0.412. The molecule has 0 unspecified atom stereocenters. The van der Waals surface area contributed by atoms with Gasteiger partial charge in [-0.25, -0.2) is 4.98 Å². The van der Waals surface area contributed by atoms with E-state index in [9.17, 15) is 9.59 Å². The Labute approximate surface area is 119 Å². The van der Waals surface area contributed by atoms with Crippen LogP contribution in [0, 0.1) is 18.3 Å². The fourth-order valence-electron chi connectivity index (χ4n) is 1.65. The summed E-state index contributed by atoms with van der Waals surface area (Å²) in [5.41, 5.74) is 1.57. The van der Waals surface area contributed by atoms with E-state index in [2.05, 4.69) is 9.97 Å². The number of anilines is 1. The highest BCUT2D eigenvalue weighted by Gasteiger charge is 2.14. The Kier molecular flexibility index (Phi) is 3.68. The van der Waals surface area contributed by atoms with Gasteiger partial charge >= 0.3 is 0 Å². The zero-order valence-corrected chi connectivity index (χ0v) is 12.0. The van der Waals surface area contributed by atoms with Gasteiger partial charge in [-0.3, -0.25) is 14.5 Å². The van der Waals surface area contributed by atoms with Crippen LogP contribution in [0.15, 0.2) is 16.2 Å². The summed E-state index contributed by atoms with van der Waals surface area (Å²) in [7, 11) is 1.64. The summed E-state index contributed by atoms with van der Waals surface area (Å²) < 4.78 is 0. The Bertz CT molecular complexity index is 769. The Hall–Kier alpha value is -2.46. The number of H-pyrrole nitrogens is 1. The molecule has 2 aromatic heterocycles. The maximum atomic E-state index is 11.5. The number of pyridine rings is 1. The molecule has 0 saturated carbocycles. The maximum Gasteiger partial charge on any atom is 0.266 e. The topological polar surface area (TPSA) is 89.8 Å². The number of hydrogen-bond donors (Lipinski definition) is 1. The van der Waals surface area contributed by atoms with E-state index in [-0.39, 0.29) is 11.5 Å². The van der Waals surface area contributed by atoms with Crippen molar-refractivity contribution in [2.24, 2.45) is 0 Å². The Morgan fingerprint density at radius 2 is 2.25 bits per heavy atom.